The van der Waals surface area contributed by atoms with Crippen LogP contribution >= 0.6 is 0 Å². The van der Waals surface area contributed by atoms with Crippen molar-refractivity contribution in [1.29, 1.82) is 5.26 Å². The second-order valence-corrected chi connectivity index (χ2v) is 18.9. The molecule has 2 aromatic carbocycles. The van der Waals surface area contributed by atoms with Gasteiger partial charge in [0, 0.05) is 24.0 Å². The molecule has 1 aliphatic rings. The van der Waals surface area contributed by atoms with Crippen molar-refractivity contribution in [1.82, 2.24) is 10.1 Å². The molecule has 0 N–H and O–H groups in total. The number of nitriles is 1. The lowest BCUT2D eigenvalue weighted by molar-refractivity contribution is 0.0181. The van der Waals surface area contributed by atoms with E-state index in [0.29, 0.717) is 30.4 Å². The van der Waals surface area contributed by atoms with Crippen molar-refractivity contribution in [3.8, 4) is 11.8 Å². The number of aromatic nitrogens is 1. The van der Waals surface area contributed by atoms with E-state index < -0.39 is 13.9 Å². The van der Waals surface area contributed by atoms with Gasteiger partial charge in [-0.1, -0.05) is 32.0 Å². The molecular weight excluding hydrogens is 558 g/mol. The maximum Gasteiger partial charge on any atom is 0.410 e. The van der Waals surface area contributed by atoms with Gasteiger partial charge in [-0.15, -0.1) is 0 Å². The predicted molar refractivity (Wildman–Crippen MR) is 170 cm³/mol. The van der Waals surface area contributed by atoms with E-state index >= 15 is 0 Å². The minimum absolute atomic E-state index is 0.0751. The Morgan fingerprint density at radius 3 is 2.33 bits per heavy atom. The number of amides is 1. The van der Waals surface area contributed by atoms with Crippen LogP contribution in [-0.2, 0) is 28.8 Å². The molecule has 0 radical (unpaired) electrons. The third kappa shape index (κ3) is 8.39. The molecule has 8 nitrogen and oxygen atoms in total. The molecule has 1 aromatic heterocycles. The smallest absolute Gasteiger partial charge is 0.410 e. The number of hydrogen-bond acceptors (Lipinski definition) is 7. The summed E-state index contributed by atoms with van der Waals surface area (Å²) in [7, 11) is -2.02. The van der Waals surface area contributed by atoms with Gasteiger partial charge in [0.25, 0.3) is 0 Å². The number of benzene rings is 2. The van der Waals surface area contributed by atoms with Crippen LogP contribution in [0, 0.1) is 17.2 Å². The van der Waals surface area contributed by atoms with Crippen LogP contribution in [0.15, 0.2) is 40.9 Å². The first-order valence-electron chi connectivity index (χ1n) is 15.3. The normalized spacial score (nSPS) is 15.0. The van der Waals surface area contributed by atoms with Gasteiger partial charge in [-0.3, -0.25) is 0 Å². The summed E-state index contributed by atoms with van der Waals surface area (Å²) in [5.74, 6) is 1.22. The summed E-state index contributed by atoms with van der Waals surface area (Å²) in [6.45, 7) is 19.1. The summed E-state index contributed by atoms with van der Waals surface area (Å²) in [4.78, 5) is 14.3. The van der Waals surface area contributed by atoms with Crippen LogP contribution in [-0.4, -0.2) is 43.2 Å². The highest BCUT2D eigenvalue weighted by molar-refractivity contribution is 6.74. The number of nitrogens with zero attached hydrogens (tertiary/aromatic N) is 3. The van der Waals surface area contributed by atoms with Crippen LogP contribution in [0.2, 0.25) is 18.1 Å². The van der Waals surface area contributed by atoms with Gasteiger partial charge in [0.15, 0.2) is 13.9 Å². The Morgan fingerprint density at radius 1 is 1.05 bits per heavy atom. The number of rotatable bonds is 9. The van der Waals surface area contributed by atoms with Crippen molar-refractivity contribution >= 4 is 25.4 Å². The maximum absolute atomic E-state index is 12.4. The molecule has 232 valence electrons. The van der Waals surface area contributed by atoms with E-state index in [1.54, 1.807) is 12.1 Å². The Balaban J connectivity index is 1.47. The van der Waals surface area contributed by atoms with Gasteiger partial charge in [-0.2, -0.15) is 5.26 Å². The molecule has 9 heteroatoms. The third-order valence-corrected chi connectivity index (χ3v) is 13.2. The minimum atomic E-state index is -2.02. The number of hydrogen-bond donors (Lipinski definition) is 0. The minimum Gasteiger partial charge on any atom is -0.489 e. The van der Waals surface area contributed by atoms with Gasteiger partial charge in [-0.25, -0.2) is 4.79 Å². The second-order valence-electron chi connectivity index (χ2n) is 14.1. The van der Waals surface area contributed by atoms with E-state index in [1.165, 1.54) is 0 Å². The number of piperidine rings is 1. The summed E-state index contributed by atoms with van der Waals surface area (Å²) in [5, 5.41) is 14.7. The van der Waals surface area contributed by atoms with Crippen molar-refractivity contribution in [3.05, 3.63) is 58.8 Å². The molecule has 1 aliphatic heterocycles. The highest BCUT2D eigenvalue weighted by Gasteiger charge is 2.37. The molecule has 0 bridgehead atoms. The van der Waals surface area contributed by atoms with Gasteiger partial charge in [0.1, 0.15) is 18.0 Å². The fraction of sp³-hybridized carbons (Fsp3) is 0.559. The van der Waals surface area contributed by atoms with Crippen LogP contribution in [0.25, 0.3) is 11.0 Å². The largest absolute Gasteiger partial charge is 0.489 e. The summed E-state index contributed by atoms with van der Waals surface area (Å²) in [5.41, 5.74) is 3.80. The maximum atomic E-state index is 12.4. The zero-order valence-electron chi connectivity index (χ0n) is 27.1. The summed E-state index contributed by atoms with van der Waals surface area (Å²) in [6, 6.07) is 13.4. The average Bonchev–Trinajstić information content (AvgIpc) is 3.36. The average molecular weight is 606 g/mol. The van der Waals surface area contributed by atoms with Crippen LogP contribution in [0.4, 0.5) is 4.79 Å². The fourth-order valence-corrected chi connectivity index (χ4v) is 5.89. The first-order valence-corrected chi connectivity index (χ1v) is 18.2. The molecular formula is C34H47N3O5Si. The Morgan fingerprint density at radius 2 is 1.72 bits per heavy atom. The van der Waals surface area contributed by atoms with Gasteiger partial charge in [-0.05, 0) is 106 Å². The summed E-state index contributed by atoms with van der Waals surface area (Å²) >= 11 is 0. The lowest BCUT2D eigenvalue weighted by Gasteiger charge is -2.36. The summed E-state index contributed by atoms with van der Waals surface area (Å²) < 4.78 is 24.3. The van der Waals surface area contributed by atoms with Crippen LogP contribution in [0.1, 0.15) is 83.2 Å². The van der Waals surface area contributed by atoms with Gasteiger partial charge in [0.2, 0.25) is 0 Å². The molecule has 0 aliphatic carbocycles. The van der Waals surface area contributed by atoms with E-state index in [-0.39, 0.29) is 11.1 Å². The van der Waals surface area contributed by atoms with Crippen molar-refractivity contribution in [2.75, 3.05) is 13.1 Å². The lowest BCUT2D eigenvalue weighted by Crippen LogP contribution is -2.41. The molecule has 1 amide bonds. The fourth-order valence-electron chi connectivity index (χ4n) is 4.95. The first-order chi connectivity index (χ1) is 20.2. The zero-order chi connectivity index (χ0) is 31.4. The van der Waals surface area contributed by atoms with Gasteiger partial charge in [0.05, 0.1) is 23.9 Å². The number of carbonyl (C=O) groups excluding carboxylic acids is 1. The SMILES string of the molecule is CC(C)(C)OC(=O)N1CCC(CCc2noc3c(CO[Si](C)(C)C(C)(C)C)c(COc4ccc(C#N)cc4)ccc23)CC1. The second kappa shape index (κ2) is 13.1. The molecule has 0 saturated carbocycles. The van der Waals surface area contributed by atoms with Gasteiger partial charge >= 0.3 is 6.09 Å². The van der Waals surface area contributed by atoms with Crippen molar-refractivity contribution in [3.63, 3.8) is 0 Å². The standard InChI is InChI=1S/C34H47N3O5Si/c1-33(2,3)41-32(38)37-19-17-24(18-20-37)11-16-30-28-15-12-26(22-39-27-13-9-25(21-35)10-14-27)29(31(28)42-36-30)23-40-43(7,8)34(4,5)6/h9-10,12-15,24H,11,16-20,22-23H2,1-8H3. The van der Waals surface area contributed by atoms with E-state index in [9.17, 15) is 4.79 Å². The number of carbonyl (C=O) groups is 1. The molecule has 0 atom stereocenters. The lowest BCUT2D eigenvalue weighted by atomic mass is 9.91. The first kappa shape index (κ1) is 32.6. The number of ether oxygens (including phenoxy) is 2. The zero-order valence-corrected chi connectivity index (χ0v) is 28.1. The highest BCUT2D eigenvalue weighted by Crippen LogP contribution is 2.38. The molecule has 43 heavy (non-hydrogen) atoms. The van der Waals surface area contributed by atoms with E-state index in [0.717, 1.165) is 66.6 Å². The predicted octanol–water partition coefficient (Wildman–Crippen LogP) is 8.38. The third-order valence-electron chi connectivity index (χ3n) is 8.73. The number of aryl methyl sites for hydroxylation is 1. The molecule has 3 aromatic rings. The monoisotopic (exact) mass is 605 g/mol. The Kier molecular flexibility index (Phi) is 9.92. The van der Waals surface area contributed by atoms with E-state index in [4.69, 9.17) is 23.7 Å². The van der Waals surface area contributed by atoms with Crippen LogP contribution < -0.4 is 4.74 Å². The molecule has 4 rings (SSSR count). The van der Waals surface area contributed by atoms with Crippen molar-refractivity contribution in [2.45, 2.75) is 104 Å². The van der Waals surface area contributed by atoms with Gasteiger partial charge < -0.3 is 23.3 Å². The van der Waals surface area contributed by atoms with E-state index in [2.05, 4.69) is 57.2 Å². The van der Waals surface area contributed by atoms with Crippen LogP contribution in [0.3, 0.4) is 0 Å². The molecule has 0 unspecified atom stereocenters. The topological polar surface area (TPSA) is 97.8 Å². The summed E-state index contributed by atoms with van der Waals surface area (Å²) in [6.07, 6.45) is 3.49. The van der Waals surface area contributed by atoms with E-state index in [1.807, 2.05) is 37.8 Å². The number of likely N-dealkylation sites (tertiary alicyclic amines) is 1. The molecule has 1 fully saturated rings. The Bertz CT molecular complexity index is 1440. The Labute approximate surface area is 257 Å². The molecule has 1 saturated heterocycles. The quantitative estimate of drug-likeness (QED) is 0.226. The molecule has 0 spiro atoms. The van der Waals surface area contributed by atoms with Crippen molar-refractivity contribution < 1.29 is 23.2 Å². The van der Waals surface area contributed by atoms with Crippen molar-refractivity contribution in [2.24, 2.45) is 5.92 Å². The number of fused-ring (bicyclic) bond motifs is 1. The molecule has 2 heterocycles. The highest BCUT2D eigenvalue weighted by atomic mass is 28.4. The van der Waals surface area contributed by atoms with Crippen LogP contribution in [0.5, 0.6) is 5.75 Å². The Hall–Kier alpha value is -3.35.